The van der Waals surface area contributed by atoms with Crippen molar-refractivity contribution in [2.45, 2.75) is 219 Å². The molecule has 0 aromatic heterocycles. The second kappa shape index (κ2) is 46.9. The number of hydrogen-bond acceptors (Lipinski definition) is 20. The fourth-order valence-corrected chi connectivity index (χ4v) is 11.3. The first-order valence-corrected chi connectivity index (χ1v) is 34.5. The van der Waals surface area contributed by atoms with E-state index in [2.05, 4.69) is 63.5 Å². The molecular weight excluding hydrogens is 1290 g/mol. The highest BCUT2D eigenvalue weighted by Crippen LogP contribution is 2.18. The number of nitrogens with two attached hydrogens (primary N) is 3. The van der Waals surface area contributed by atoms with Gasteiger partial charge in [0.25, 0.3) is 0 Å². The van der Waals surface area contributed by atoms with E-state index in [0.717, 1.165) is 0 Å². The minimum absolute atomic E-state index is 0.108. The van der Waals surface area contributed by atoms with Gasteiger partial charge in [-0.1, -0.05) is 81.1 Å². The summed E-state index contributed by atoms with van der Waals surface area (Å²) in [4.78, 5) is 191. The smallest absolute Gasteiger partial charge is 0.481 e. The molecule has 36 nitrogen and oxygen atoms in total. The molecule has 0 unspecified atom stereocenters. The van der Waals surface area contributed by atoms with E-state index in [-0.39, 0.29) is 70.5 Å². The normalized spacial score (nSPS) is 15.6. The van der Waals surface area contributed by atoms with E-state index in [1.165, 1.54) is 28.3 Å². The SMILES string of the molecule is CC[C@H](C)[C@H](NC(=O)[C@H](CC(=O)O)NC(=O)[C@H](CCCCN)NC(=O)[C@@H](NC(=O)[C@@H](NC(=O)[C@H](CCC(=O)O)NC(=O)[C@H](C)NC(=O)[C@@H](NC(=O)[C@H](CC(=O)O)NC(=O)[C@H](CCCN=C(N)N)NCCC[Si](OC)(OC)OC)[C@@H](C)CC)[C@@H](C)CC)[C@@H](C)CC)C(=O)NCC(=O)O. The van der Waals surface area contributed by atoms with Crippen LogP contribution in [0.2, 0.25) is 6.04 Å². The topological polar surface area (TPSA) is 570 Å². The summed E-state index contributed by atoms with van der Waals surface area (Å²) in [6.45, 7) is 14.0. The number of hydrogen-bond donors (Lipinski definition) is 18. The maximum atomic E-state index is 14.5. The number of nitrogens with one attached hydrogen (secondary N) is 11. The lowest BCUT2D eigenvalue weighted by atomic mass is 9.94. The van der Waals surface area contributed by atoms with Gasteiger partial charge in [-0.2, -0.15) is 0 Å². The molecule has 0 rings (SSSR count). The van der Waals surface area contributed by atoms with Gasteiger partial charge in [-0.3, -0.25) is 72.1 Å². The lowest BCUT2D eigenvalue weighted by Crippen LogP contribution is -2.62. The monoisotopic (exact) mass is 1400 g/mol. The van der Waals surface area contributed by atoms with E-state index in [9.17, 15) is 82.4 Å². The van der Waals surface area contributed by atoms with Crippen LogP contribution >= 0.6 is 0 Å². The van der Waals surface area contributed by atoms with Gasteiger partial charge in [-0.25, -0.2) is 0 Å². The zero-order chi connectivity index (χ0) is 74.3. The van der Waals surface area contributed by atoms with Crippen LogP contribution in [-0.2, 0) is 80.4 Å². The number of carboxylic acids is 4. The molecule has 0 aliphatic heterocycles. The number of aliphatic carboxylic acids is 4. The third kappa shape index (κ3) is 33.6. The van der Waals surface area contributed by atoms with Gasteiger partial charge in [-0.15, -0.1) is 0 Å². The average molecular weight is 1400 g/mol. The number of carbonyl (C=O) groups excluding carboxylic acids is 10. The summed E-state index contributed by atoms with van der Waals surface area (Å²) >= 11 is 0. The van der Waals surface area contributed by atoms with Crippen LogP contribution in [0.4, 0.5) is 0 Å². The van der Waals surface area contributed by atoms with Crippen molar-refractivity contribution >= 4 is 97.7 Å². The molecule has 554 valence electrons. The third-order valence-electron chi connectivity index (χ3n) is 16.5. The van der Waals surface area contributed by atoms with Crippen LogP contribution in [0.5, 0.6) is 0 Å². The number of amides is 10. The second-order valence-corrected chi connectivity index (χ2v) is 26.9. The van der Waals surface area contributed by atoms with E-state index in [4.69, 9.17) is 35.6 Å². The molecule has 0 aromatic carbocycles. The van der Waals surface area contributed by atoms with Crippen molar-refractivity contribution in [1.29, 1.82) is 0 Å². The lowest BCUT2D eigenvalue weighted by molar-refractivity contribution is -0.142. The lowest BCUT2D eigenvalue weighted by Gasteiger charge is -2.31. The first-order chi connectivity index (χ1) is 45.6. The van der Waals surface area contributed by atoms with Gasteiger partial charge in [0.15, 0.2) is 5.96 Å². The fraction of sp³-hybridized carbons (Fsp3) is 0.750. The summed E-state index contributed by atoms with van der Waals surface area (Å²) < 4.78 is 16.4. The van der Waals surface area contributed by atoms with E-state index in [1.54, 1.807) is 55.4 Å². The quantitative estimate of drug-likeness (QED) is 0.0125. The highest BCUT2D eigenvalue weighted by molar-refractivity contribution is 6.60. The molecule has 0 saturated heterocycles. The van der Waals surface area contributed by atoms with Gasteiger partial charge in [0, 0.05) is 40.3 Å². The van der Waals surface area contributed by atoms with Crippen LogP contribution in [0.25, 0.3) is 0 Å². The molecule has 10 amide bonds. The predicted molar refractivity (Wildman–Crippen MR) is 354 cm³/mol. The van der Waals surface area contributed by atoms with Crippen LogP contribution < -0.4 is 75.7 Å². The minimum atomic E-state index is -3.00. The Labute approximate surface area is 567 Å². The number of guanidine groups is 1. The van der Waals surface area contributed by atoms with Gasteiger partial charge in [0.05, 0.1) is 18.9 Å². The molecule has 0 radical (unpaired) electrons. The molecule has 0 bridgehead atoms. The maximum absolute atomic E-state index is 14.5. The zero-order valence-corrected chi connectivity index (χ0v) is 58.9. The fourth-order valence-electron chi connectivity index (χ4n) is 9.59. The molecule has 0 aliphatic rings. The van der Waals surface area contributed by atoms with Crippen molar-refractivity contribution in [2.75, 3.05) is 47.5 Å². The van der Waals surface area contributed by atoms with E-state index < -0.39 is 208 Å². The highest BCUT2D eigenvalue weighted by Gasteiger charge is 2.40. The largest absolute Gasteiger partial charge is 0.500 e. The van der Waals surface area contributed by atoms with Crippen molar-refractivity contribution in [3.8, 4) is 0 Å². The number of carboxylic acid groups (broad SMARTS) is 4. The maximum Gasteiger partial charge on any atom is 0.500 e. The molecule has 0 saturated carbocycles. The summed E-state index contributed by atoms with van der Waals surface area (Å²) in [6, 6.07) is -14.6. The molecule has 14 atom stereocenters. The van der Waals surface area contributed by atoms with E-state index in [0.29, 0.717) is 25.3 Å². The van der Waals surface area contributed by atoms with Gasteiger partial charge >= 0.3 is 32.7 Å². The second-order valence-electron chi connectivity index (χ2n) is 23.8. The summed E-state index contributed by atoms with van der Waals surface area (Å²) in [5, 5.41) is 66.2. The Morgan fingerprint density at radius 3 is 1.21 bits per heavy atom. The summed E-state index contributed by atoms with van der Waals surface area (Å²) in [7, 11) is 1.34. The Morgan fingerprint density at radius 2 is 0.794 bits per heavy atom. The molecule has 0 aliphatic carbocycles. The van der Waals surface area contributed by atoms with E-state index >= 15 is 0 Å². The van der Waals surface area contributed by atoms with Crippen LogP contribution in [0.3, 0.4) is 0 Å². The van der Waals surface area contributed by atoms with Gasteiger partial charge < -0.3 is 109 Å². The van der Waals surface area contributed by atoms with Crippen molar-refractivity contribution in [2.24, 2.45) is 45.9 Å². The molecule has 37 heteroatoms. The number of rotatable bonds is 52. The van der Waals surface area contributed by atoms with Crippen molar-refractivity contribution in [3.05, 3.63) is 0 Å². The van der Waals surface area contributed by atoms with E-state index in [1.807, 2.05) is 0 Å². The summed E-state index contributed by atoms with van der Waals surface area (Å²) in [6.07, 6.45) is -0.824. The van der Waals surface area contributed by atoms with Crippen LogP contribution in [0.1, 0.15) is 152 Å². The van der Waals surface area contributed by atoms with Crippen LogP contribution in [0.15, 0.2) is 4.99 Å². The standard InChI is InChI=1S/C60H109N15O21Si/c1-13-32(5)46(56(90)66-31-45(82)83)72-54(88)41(30-44(80)81)71-52(86)38(21-17-18-25-61)69-58(92)48(34(7)15-3)75-59(93)49(35(8)16-4)73-53(87)39(23-24-42(76)77)68-50(84)36(9)67-57(91)47(33(6)14-2)74-55(89)40(29-43(78)79)70-51(85)37(22-19-26-65-60(62)63)64-27-20-28-97(94-10,95-11)96-12/h32-41,46-49,64H,13-31,61H2,1-12H3,(H,66,90)(H,67,91)(H,68,84)(H,69,92)(H,70,85)(H,71,86)(H,72,88)(H,73,87)(H,74,89)(H,75,93)(H,76,77)(H,78,79)(H,80,81)(H,82,83)(H4,62,63,65)/t32-,33-,34-,35-,36-,37-,38-,39-,40-,41-,46-,47-,48-,49-/m0/s1. The van der Waals surface area contributed by atoms with Crippen LogP contribution in [0, 0.1) is 23.7 Å². The van der Waals surface area contributed by atoms with Crippen LogP contribution in [-0.4, -0.2) is 226 Å². The molecule has 0 fully saturated rings. The first-order valence-electron chi connectivity index (χ1n) is 32.6. The number of unbranched alkanes of at least 4 members (excludes halogenated alkanes) is 1. The third-order valence-corrected chi connectivity index (χ3v) is 19.3. The Balaban J connectivity index is 6.88. The van der Waals surface area contributed by atoms with Crippen molar-refractivity contribution in [1.82, 2.24) is 58.5 Å². The Kier molecular flexibility index (Phi) is 43.0. The Morgan fingerprint density at radius 1 is 0.423 bits per heavy atom. The van der Waals surface area contributed by atoms with Crippen molar-refractivity contribution < 1.29 is 101 Å². The summed E-state index contributed by atoms with van der Waals surface area (Å²) in [5.74, 6) is -18.4. The predicted octanol–water partition coefficient (Wildman–Crippen LogP) is -3.02. The Hall–Kier alpha value is -8.13. The number of aliphatic imine (C=N–C) groups is 1. The minimum Gasteiger partial charge on any atom is -0.481 e. The molecule has 97 heavy (non-hydrogen) atoms. The molecule has 0 spiro atoms. The molecular formula is C60H109N15O21Si. The molecule has 0 heterocycles. The average Bonchev–Trinajstić information content (AvgIpc) is 0.876. The van der Waals surface area contributed by atoms with Gasteiger partial charge in [0.2, 0.25) is 59.1 Å². The summed E-state index contributed by atoms with van der Waals surface area (Å²) in [5.41, 5.74) is 16.7. The van der Waals surface area contributed by atoms with Gasteiger partial charge in [-0.05, 0) is 88.6 Å². The zero-order valence-electron chi connectivity index (χ0n) is 57.9. The number of carbonyl (C=O) groups is 14. The highest BCUT2D eigenvalue weighted by atomic mass is 28.4. The van der Waals surface area contributed by atoms with Gasteiger partial charge in [0.1, 0.15) is 60.9 Å². The first kappa shape index (κ1) is 88.9. The number of nitrogens with zero attached hydrogens (tertiary/aromatic N) is 1. The molecule has 21 N–H and O–H groups in total. The Bertz CT molecular complexity index is 2630. The van der Waals surface area contributed by atoms with Crippen molar-refractivity contribution in [3.63, 3.8) is 0 Å². The molecule has 0 aromatic rings.